The monoisotopic (exact) mass is 184 g/mol. The van der Waals surface area contributed by atoms with Crippen molar-refractivity contribution in [3.63, 3.8) is 0 Å². The van der Waals surface area contributed by atoms with E-state index in [4.69, 9.17) is 10.9 Å². The van der Waals surface area contributed by atoms with Crippen molar-refractivity contribution in [2.24, 2.45) is 10.9 Å². The van der Waals surface area contributed by atoms with Gasteiger partial charge in [-0.15, -0.1) is 0 Å². The number of phenols is 1. The van der Waals surface area contributed by atoms with E-state index < -0.39 is 11.6 Å². The van der Waals surface area contributed by atoms with Crippen molar-refractivity contribution in [2.75, 3.05) is 0 Å². The lowest BCUT2D eigenvalue weighted by Gasteiger charge is -2.04. The molecule has 1 rings (SSSR count). The molecule has 0 aliphatic rings. The van der Waals surface area contributed by atoms with Crippen molar-refractivity contribution in [3.8, 4) is 5.75 Å². The molecule has 0 saturated carbocycles. The van der Waals surface area contributed by atoms with Gasteiger partial charge < -0.3 is 16.0 Å². The lowest BCUT2D eigenvalue weighted by atomic mass is 10.1. The van der Waals surface area contributed by atoms with E-state index in [1.807, 2.05) is 0 Å². The number of nitrogens with two attached hydrogens (primary N) is 1. The fraction of sp³-hybridized carbons (Fsp3) is 0.125. The fourth-order valence-corrected chi connectivity index (χ4v) is 0.984. The third-order valence-electron chi connectivity index (χ3n) is 1.59. The van der Waals surface area contributed by atoms with Gasteiger partial charge in [0.25, 0.3) is 0 Å². The number of benzene rings is 1. The first kappa shape index (κ1) is 9.31. The molecule has 70 valence electrons. The molecule has 0 spiro atoms. The lowest BCUT2D eigenvalue weighted by Crippen LogP contribution is -2.14. The fourth-order valence-electron chi connectivity index (χ4n) is 0.984. The number of aromatic hydroxyl groups is 1. The Balaban J connectivity index is 3.37. The van der Waals surface area contributed by atoms with E-state index in [-0.39, 0.29) is 11.4 Å². The van der Waals surface area contributed by atoms with Gasteiger partial charge in [0.2, 0.25) is 0 Å². The third kappa shape index (κ3) is 1.69. The molecule has 0 bridgehead atoms. The normalized spacial score (nSPS) is 11.7. The maximum Gasteiger partial charge on any atom is 0.173 e. The second kappa shape index (κ2) is 3.30. The molecule has 4 N–H and O–H groups in total. The Morgan fingerprint density at radius 2 is 2.15 bits per heavy atom. The highest BCUT2D eigenvalue weighted by Crippen LogP contribution is 2.22. The predicted octanol–water partition coefficient (Wildman–Crippen LogP) is 0.934. The quantitative estimate of drug-likeness (QED) is 0.263. The summed E-state index contributed by atoms with van der Waals surface area (Å²) in [4.78, 5) is 0. The topological polar surface area (TPSA) is 78.8 Å². The molecule has 0 aliphatic heterocycles. The molecule has 0 aromatic heterocycles. The Bertz CT molecular complexity index is 363. The highest BCUT2D eigenvalue weighted by Gasteiger charge is 2.11. The van der Waals surface area contributed by atoms with Crippen LogP contribution >= 0.6 is 0 Å². The van der Waals surface area contributed by atoms with Gasteiger partial charge in [-0.3, -0.25) is 0 Å². The van der Waals surface area contributed by atoms with Crippen LogP contribution in [-0.4, -0.2) is 16.1 Å². The van der Waals surface area contributed by atoms with Crippen LogP contribution in [0.25, 0.3) is 0 Å². The summed E-state index contributed by atoms with van der Waals surface area (Å²) in [6.45, 7) is 1.64. The van der Waals surface area contributed by atoms with Gasteiger partial charge in [-0.2, -0.15) is 0 Å². The van der Waals surface area contributed by atoms with Crippen LogP contribution in [0.2, 0.25) is 0 Å². The summed E-state index contributed by atoms with van der Waals surface area (Å²) >= 11 is 0. The molecular formula is C8H9FN2O2. The van der Waals surface area contributed by atoms with E-state index in [1.54, 1.807) is 6.92 Å². The van der Waals surface area contributed by atoms with Crippen molar-refractivity contribution in [1.82, 2.24) is 0 Å². The zero-order valence-corrected chi connectivity index (χ0v) is 6.95. The molecule has 1 aromatic rings. The summed E-state index contributed by atoms with van der Waals surface area (Å²) < 4.78 is 12.9. The van der Waals surface area contributed by atoms with Crippen LogP contribution in [-0.2, 0) is 0 Å². The molecule has 0 unspecified atom stereocenters. The van der Waals surface area contributed by atoms with Crippen LogP contribution in [0.15, 0.2) is 17.3 Å². The highest BCUT2D eigenvalue weighted by molar-refractivity contribution is 5.99. The molecule has 13 heavy (non-hydrogen) atoms. The second-order valence-electron chi connectivity index (χ2n) is 2.63. The minimum absolute atomic E-state index is 0.0139. The molecule has 0 amide bonds. The minimum Gasteiger partial charge on any atom is -0.504 e. The van der Waals surface area contributed by atoms with E-state index in [1.165, 1.54) is 6.07 Å². The van der Waals surface area contributed by atoms with Crippen LogP contribution < -0.4 is 5.73 Å². The van der Waals surface area contributed by atoms with Crippen LogP contribution in [0.5, 0.6) is 5.75 Å². The Morgan fingerprint density at radius 1 is 1.54 bits per heavy atom. The summed E-state index contributed by atoms with van der Waals surface area (Å²) in [5, 5.41) is 20.2. The van der Waals surface area contributed by atoms with Gasteiger partial charge in [0, 0.05) is 0 Å². The number of nitrogens with zero attached hydrogens (tertiary/aromatic N) is 1. The van der Waals surface area contributed by atoms with E-state index in [2.05, 4.69) is 5.16 Å². The van der Waals surface area contributed by atoms with Crippen LogP contribution in [0.4, 0.5) is 4.39 Å². The number of hydrogen-bond acceptors (Lipinski definition) is 3. The van der Waals surface area contributed by atoms with Gasteiger partial charge in [0.1, 0.15) is 0 Å². The average Bonchev–Trinajstić information content (AvgIpc) is 2.10. The van der Waals surface area contributed by atoms with E-state index >= 15 is 0 Å². The molecular weight excluding hydrogens is 175 g/mol. The lowest BCUT2D eigenvalue weighted by molar-refractivity contribution is 0.318. The number of oxime groups is 1. The SMILES string of the molecule is Cc1cc(F)c(O)c(/C(N)=N\O)c1. The van der Waals surface area contributed by atoms with Gasteiger partial charge in [0.15, 0.2) is 17.4 Å². The predicted molar refractivity (Wildman–Crippen MR) is 45.3 cm³/mol. The Hall–Kier alpha value is -1.78. The van der Waals surface area contributed by atoms with Crippen molar-refractivity contribution in [1.29, 1.82) is 0 Å². The second-order valence-corrected chi connectivity index (χ2v) is 2.63. The number of phenolic OH excluding ortho intramolecular Hbond substituents is 1. The largest absolute Gasteiger partial charge is 0.504 e. The molecule has 0 heterocycles. The highest BCUT2D eigenvalue weighted by atomic mass is 19.1. The number of amidine groups is 1. The summed E-state index contributed by atoms with van der Waals surface area (Å²) in [5.41, 5.74) is 5.77. The van der Waals surface area contributed by atoms with Crippen molar-refractivity contribution >= 4 is 5.84 Å². The zero-order chi connectivity index (χ0) is 10.0. The minimum atomic E-state index is -0.790. The Labute approximate surface area is 74.1 Å². The summed E-state index contributed by atoms with van der Waals surface area (Å²) in [7, 11) is 0. The van der Waals surface area contributed by atoms with Crippen LogP contribution in [0, 0.1) is 12.7 Å². The number of halogens is 1. The number of hydrogen-bond donors (Lipinski definition) is 3. The first-order chi connectivity index (χ1) is 6.06. The number of aryl methyl sites for hydroxylation is 1. The van der Waals surface area contributed by atoms with Crippen molar-refractivity contribution < 1.29 is 14.7 Å². The standard InChI is InChI=1S/C8H9FN2O2/c1-4-2-5(8(10)11-13)7(12)6(9)3-4/h2-3,12-13H,1H3,(H2,10,11). The summed E-state index contributed by atoms with van der Waals surface area (Å²) in [6, 6.07) is 2.58. The molecule has 0 saturated heterocycles. The molecule has 0 atom stereocenters. The van der Waals surface area contributed by atoms with E-state index in [9.17, 15) is 9.50 Å². The van der Waals surface area contributed by atoms with Crippen LogP contribution in [0.1, 0.15) is 11.1 Å². The van der Waals surface area contributed by atoms with Gasteiger partial charge in [-0.1, -0.05) is 5.16 Å². The average molecular weight is 184 g/mol. The van der Waals surface area contributed by atoms with Crippen LogP contribution in [0.3, 0.4) is 0 Å². The third-order valence-corrected chi connectivity index (χ3v) is 1.59. The first-order valence-electron chi connectivity index (χ1n) is 3.53. The Morgan fingerprint density at radius 3 is 2.69 bits per heavy atom. The molecule has 0 fully saturated rings. The molecule has 0 aliphatic carbocycles. The van der Waals surface area contributed by atoms with Gasteiger partial charge in [0.05, 0.1) is 5.56 Å². The summed E-state index contributed by atoms with van der Waals surface area (Å²) in [5.74, 6) is -1.72. The maximum absolute atomic E-state index is 12.9. The zero-order valence-electron chi connectivity index (χ0n) is 6.95. The van der Waals surface area contributed by atoms with E-state index in [0.717, 1.165) is 6.07 Å². The van der Waals surface area contributed by atoms with Gasteiger partial charge >= 0.3 is 0 Å². The first-order valence-corrected chi connectivity index (χ1v) is 3.53. The Kier molecular flexibility index (Phi) is 2.36. The molecule has 1 aromatic carbocycles. The number of rotatable bonds is 1. The van der Waals surface area contributed by atoms with Gasteiger partial charge in [-0.25, -0.2) is 4.39 Å². The van der Waals surface area contributed by atoms with Crippen molar-refractivity contribution in [2.45, 2.75) is 6.92 Å². The molecule has 5 heteroatoms. The molecule has 4 nitrogen and oxygen atoms in total. The van der Waals surface area contributed by atoms with Crippen molar-refractivity contribution in [3.05, 3.63) is 29.1 Å². The van der Waals surface area contributed by atoms with E-state index in [0.29, 0.717) is 5.56 Å². The maximum atomic E-state index is 12.9. The summed E-state index contributed by atoms with van der Waals surface area (Å²) in [6.07, 6.45) is 0. The molecule has 0 radical (unpaired) electrons. The smallest absolute Gasteiger partial charge is 0.173 e. The van der Waals surface area contributed by atoms with Gasteiger partial charge in [-0.05, 0) is 24.6 Å².